The predicted molar refractivity (Wildman–Crippen MR) is 31.5 cm³/mol. The van der Waals surface area contributed by atoms with Crippen molar-refractivity contribution in [3.63, 3.8) is 0 Å². The Morgan fingerprint density at radius 2 is 2.33 bits per heavy atom. The van der Waals surface area contributed by atoms with Crippen LogP contribution in [0.4, 0.5) is 0 Å². The van der Waals surface area contributed by atoms with Crippen molar-refractivity contribution in [3.05, 3.63) is 17.7 Å². The number of hydrogen-bond donors (Lipinski definition) is 1. The van der Waals surface area contributed by atoms with Crippen LogP contribution < -0.4 is 58.2 Å². The maximum Gasteiger partial charge on any atom is 1.00 e. The average molecular weight is 195 g/mol. The minimum atomic E-state index is 0. The Morgan fingerprint density at radius 1 is 1.67 bits per heavy atom. The molecular formula is C6H9N2Rb. The van der Waals surface area contributed by atoms with Gasteiger partial charge in [0.2, 0.25) is 0 Å². The van der Waals surface area contributed by atoms with Crippen LogP contribution in [-0.2, 0) is 6.42 Å². The van der Waals surface area contributed by atoms with Crippen LogP contribution in [0.1, 0.15) is 18.3 Å². The van der Waals surface area contributed by atoms with Crippen molar-refractivity contribution in [1.29, 1.82) is 0 Å². The van der Waals surface area contributed by atoms with Crippen LogP contribution in [0, 0.1) is 13.3 Å². The smallest absolute Gasteiger partial charge is 0.464 e. The van der Waals surface area contributed by atoms with E-state index in [1.165, 1.54) is 0 Å². The molecule has 1 aromatic rings. The standard InChI is InChI=1S/C6H9N2.Rb/c1-3-6-5(2)7-4-8-6;/h3H2,1-2H3,(H,7,8);/q-1;+1. The van der Waals surface area contributed by atoms with E-state index in [9.17, 15) is 0 Å². The van der Waals surface area contributed by atoms with E-state index in [1.54, 1.807) is 0 Å². The third kappa shape index (κ3) is 2.62. The predicted octanol–water partition coefficient (Wildman–Crippen LogP) is -1.92. The Hall–Kier alpha value is 1.02. The van der Waals surface area contributed by atoms with Crippen LogP contribution in [0.15, 0.2) is 0 Å². The molecule has 1 N–H and O–H groups in total. The first kappa shape index (κ1) is 10.0. The first-order chi connectivity index (χ1) is 3.84. The minimum Gasteiger partial charge on any atom is -0.464 e. The van der Waals surface area contributed by atoms with Gasteiger partial charge in [0.15, 0.2) is 0 Å². The van der Waals surface area contributed by atoms with Gasteiger partial charge in [-0.2, -0.15) is 0 Å². The summed E-state index contributed by atoms with van der Waals surface area (Å²) >= 11 is 0. The molecule has 1 heterocycles. The first-order valence-corrected chi connectivity index (χ1v) is 2.76. The van der Waals surface area contributed by atoms with E-state index in [4.69, 9.17) is 0 Å². The molecule has 3 heteroatoms. The minimum absolute atomic E-state index is 0. The molecule has 0 atom stereocenters. The van der Waals surface area contributed by atoms with Gasteiger partial charge in [0.25, 0.3) is 0 Å². The second-order valence-electron chi connectivity index (χ2n) is 1.77. The number of aromatic nitrogens is 2. The van der Waals surface area contributed by atoms with Crippen LogP contribution in [0.25, 0.3) is 0 Å². The van der Waals surface area contributed by atoms with E-state index in [1.807, 2.05) is 6.92 Å². The van der Waals surface area contributed by atoms with Crippen LogP contribution in [0.5, 0.6) is 0 Å². The van der Waals surface area contributed by atoms with Crippen LogP contribution >= 0.6 is 0 Å². The number of H-pyrrole nitrogens is 1. The van der Waals surface area contributed by atoms with Crippen molar-refractivity contribution < 1.29 is 58.2 Å². The summed E-state index contributed by atoms with van der Waals surface area (Å²) < 4.78 is 0. The van der Waals surface area contributed by atoms with Gasteiger partial charge in [-0.15, -0.1) is 5.69 Å². The van der Waals surface area contributed by atoms with Crippen LogP contribution in [0.3, 0.4) is 0 Å². The van der Waals surface area contributed by atoms with E-state index in [-0.39, 0.29) is 58.2 Å². The molecule has 0 radical (unpaired) electrons. The molecular weight excluding hydrogens is 186 g/mol. The Balaban J connectivity index is 0.000000640. The fraction of sp³-hybridized carbons (Fsp3) is 0.500. The summed E-state index contributed by atoms with van der Waals surface area (Å²) in [6, 6.07) is 0. The maximum absolute atomic E-state index is 3.95. The number of aryl methyl sites for hydroxylation is 2. The summed E-state index contributed by atoms with van der Waals surface area (Å²) in [5.41, 5.74) is 2.25. The molecule has 0 saturated carbocycles. The van der Waals surface area contributed by atoms with Crippen molar-refractivity contribution >= 4 is 0 Å². The summed E-state index contributed by atoms with van der Waals surface area (Å²) in [4.78, 5) is 6.84. The van der Waals surface area contributed by atoms with Crippen LogP contribution in [-0.4, -0.2) is 9.97 Å². The fourth-order valence-corrected chi connectivity index (χ4v) is 0.680. The molecule has 1 aromatic heterocycles. The van der Waals surface area contributed by atoms with Crippen molar-refractivity contribution in [3.8, 4) is 0 Å². The molecule has 1 rings (SSSR count). The number of nitrogens with zero attached hydrogens (tertiary/aromatic N) is 1. The molecule has 0 amide bonds. The summed E-state index contributed by atoms with van der Waals surface area (Å²) in [6.07, 6.45) is 3.67. The number of nitrogens with one attached hydrogen (secondary N) is 1. The Labute approximate surface area is 104 Å². The van der Waals surface area contributed by atoms with Crippen molar-refractivity contribution in [2.75, 3.05) is 0 Å². The van der Waals surface area contributed by atoms with Gasteiger partial charge in [0.05, 0.1) is 0 Å². The summed E-state index contributed by atoms with van der Waals surface area (Å²) in [5, 5.41) is 0. The molecule has 0 aliphatic carbocycles. The molecule has 0 aromatic carbocycles. The number of imidazole rings is 1. The van der Waals surface area contributed by atoms with Gasteiger partial charge in [-0.05, 0) is 6.33 Å². The average Bonchev–Trinajstić information content (AvgIpc) is 2.14. The fourth-order valence-electron chi connectivity index (χ4n) is 0.680. The van der Waals surface area contributed by atoms with Crippen molar-refractivity contribution in [2.24, 2.45) is 0 Å². The van der Waals surface area contributed by atoms with Gasteiger partial charge in [-0.1, -0.05) is 26.0 Å². The third-order valence-corrected chi connectivity index (χ3v) is 1.20. The van der Waals surface area contributed by atoms with E-state index < -0.39 is 0 Å². The summed E-state index contributed by atoms with van der Waals surface area (Å²) in [7, 11) is 0. The van der Waals surface area contributed by atoms with Gasteiger partial charge in [-0.3, -0.25) is 0 Å². The molecule has 0 fully saturated rings. The third-order valence-electron chi connectivity index (χ3n) is 1.20. The second kappa shape index (κ2) is 4.77. The molecule has 0 aliphatic rings. The number of rotatable bonds is 1. The van der Waals surface area contributed by atoms with Crippen molar-refractivity contribution in [2.45, 2.75) is 20.3 Å². The van der Waals surface area contributed by atoms with Gasteiger partial charge >= 0.3 is 58.2 Å². The van der Waals surface area contributed by atoms with E-state index >= 15 is 0 Å². The molecule has 0 unspecified atom stereocenters. The first-order valence-electron chi connectivity index (χ1n) is 2.76. The molecule has 44 valence electrons. The zero-order valence-corrected chi connectivity index (χ0v) is 11.1. The van der Waals surface area contributed by atoms with Crippen molar-refractivity contribution in [1.82, 2.24) is 9.97 Å². The molecule has 0 bridgehead atoms. The maximum atomic E-state index is 3.95. The normalized spacial score (nSPS) is 8.67. The van der Waals surface area contributed by atoms with Gasteiger partial charge in [0, 0.05) is 0 Å². The zero-order chi connectivity index (χ0) is 5.98. The quantitative estimate of drug-likeness (QED) is 0.519. The number of hydrogen-bond acceptors (Lipinski definition) is 1. The summed E-state index contributed by atoms with van der Waals surface area (Å²) in [5.74, 6) is 0. The Bertz CT molecular complexity index is 171. The van der Waals surface area contributed by atoms with Crippen LogP contribution in [0.2, 0.25) is 0 Å². The Kier molecular flexibility index (Phi) is 5.31. The SMILES string of the molecule is CCc1n[c-][nH]c1C.[Rb+]. The van der Waals surface area contributed by atoms with E-state index in [2.05, 4.69) is 23.2 Å². The van der Waals surface area contributed by atoms with Gasteiger partial charge in [0.1, 0.15) is 0 Å². The topological polar surface area (TPSA) is 28.7 Å². The molecule has 0 spiro atoms. The summed E-state index contributed by atoms with van der Waals surface area (Å²) in [6.45, 7) is 4.08. The Morgan fingerprint density at radius 3 is 2.56 bits per heavy atom. The molecule has 9 heavy (non-hydrogen) atoms. The second-order valence-corrected chi connectivity index (χ2v) is 1.77. The number of aromatic amines is 1. The van der Waals surface area contributed by atoms with Gasteiger partial charge in [-0.25, -0.2) is 0 Å². The molecule has 0 saturated heterocycles. The monoisotopic (exact) mass is 194 g/mol. The van der Waals surface area contributed by atoms with E-state index in [0.29, 0.717) is 0 Å². The van der Waals surface area contributed by atoms with Gasteiger partial charge < -0.3 is 9.97 Å². The zero-order valence-electron chi connectivity index (χ0n) is 6.15. The molecule has 0 aliphatic heterocycles. The molecule has 2 nitrogen and oxygen atoms in total. The largest absolute Gasteiger partial charge is 1.00 e. The van der Waals surface area contributed by atoms with E-state index in [0.717, 1.165) is 17.8 Å².